The van der Waals surface area contributed by atoms with E-state index in [2.05, 4.69) is 22.5 Å². The molecule has 0 spiro atoms. The summed E-state index contributed by atoms with van der Waals surface area (Å²) in [4.78, 5) is 7.04. The molecule has 2 aromatic carbocycles. The number of nitrogens with zero attached hydrogens (tertiary/aromatic N) is 2. The topological polar surface area (TPSA) is 78.4 Å². The van der Waals surface area contributed by atoms with Crippen LogP contribution < -0.4 is 25.0 Å². The van der Waals surface area contributed by atoms with Crippen LogP contribution in [0.1, 0.15) is 18.9 Å². The van der Waals surface area contributed by atoms with Gasteiger partial charge in [-0.2, -0.15) is 0 Å². The van der Waals surface area contributed by atoms with Crippen LogP contribution in [0.4, 0.5) is 5.69 Å². The minimum Gasteiger partial charge on any atom is -0.508 e. The summed E-state index contributed by atoms with van der Waals surface area (Å²) in [6.07, 6.45) is 1.81. The number of aliphatic imine (C=N–C) groups is 1. The van der Waals surface area contributed by atoms with Gasteiger partial charge >= 0.3 is 0 Å². The van der Waals surface area contributed by atoms with Crippen molar-refractivity contribution in [1.29, 1.82) is 0 Å². The van der Waals surface area contributed by atoms with Gasteiger partial charge in [0.2, 0.25) is 0 Å². The second-order valence-corrected chi connectivity index (χ2v) is 7.33. The van der Waals surface area contributed by atoms with Gasteiger partial charge in [-0.25, -0.2) is 0 Å². The molecule has 1 unspecified atom stereocenters. The number of rotatable bonds is 8. The Morgan fingerprint density at radius 2 is 1.90 bits per heavy atom. The molecule has 1 heterocycles. The number of benzene rings is 2. The van der Waals surface area contributed by atoms with Crippen LogP contribution in [0.2, 0.25) is 0 Å². The van der Waals surface area contributed by atoms with E-state index in [9.17, 15) is 5.11 Å². The first-order valence-electron chi connectivity index (χ1n) is 10.4. The maximum Gasteiger partial charge on any atom is 0.191 e. The first-order chi connectivity index (χ1) is 14.6. The minimum absolute atomic E-state index is 0. The van der Waals surface area contributed by atoms with E-state index in [-0.39, 0.29) is 24.0 Å². The zero-order valence-electron chi connectivity index (χ0n) is 18.4. The molecule has 2 aromatic rings. The fourth-order valence-corrected chi connectivity index (χ4v) is 3.61. The Hall–Kier alpha value is -2.36. The molecule has 1 atom stereocenters. The van der Waals surface area contributed by atoms with Crippen LogP contribution in [0, 0.1) is 0 Å². The fraction of sp³-hybridized carbons (Fsp3) is 0.435. The molecule has 0 aliphatic carbocycles. The molecule has 1 fully saturated rings. The number of phenols is 1. The Kier molecular flexibility index (Phi) is 10.0. The average molecular weight is 540 g/mol. The zero-order valence-corrected chi connectivity index (χ0v) is 20.8. The van der Waals surface area contributed by atoms with E-state index in [1.54, 1.807) is 26.4 Å². The second-order valence-electron chi connectivity index (χ2n) is 7.33. The predicted octanol–water partition coefficient (Wildman–Crippen LogP) is 3.40. The van der Waals surface area contributed by atoms with Gasteiger partial charge in [-0.3, -0.25) is 4.99 Å². The lowest BCUT2D eigenvalue weighted by molar-refractivity contribution is 0.394. The van der Waals surface area contributed by atoms with Crippen LogP contribution in [0.5, 0.6) is 17.2 Å². The maximum absolute atomic E-state index is 9.60. The highest BCUT2D eigenvalue weighted by molar-refractivity contribution is 14.0. The molecule has 3 rings (SSSR count). The highest BCUT2D eigenvalue weighted by atomic mass is 127. The lowest BCUT2D eigenvalue weighted by Crippen LogP contribution is -2.44. The molecular formula is C23H33IN4O3. The molecule has 3 N–H and O–H groups in total. The van der Waals surface area contributed by atoms with Gasteiger partial charge < -0.3 is 30.1 Å². The molecule has 8 heteroatoms. The van der Waals surface area contributed by atoms with Crippen molar-refractivity contribution in [3.05, 3.63) is 48.0 Å². The predicted molar refractivity (Wildman–Crippen MR) is 137 cm³/mol. The molecule has 1 aliphatic rings. The van der Waals surface area contributed by atoms with Crippen LogP contribution >= 0.6 is 24.0 Å². The van der Waals surface area contributed by atoms with Crippen molar-refractivity contribution in [1.82, 2.24) is 10.6 Å². The monoisotopic (exact) mass is 540 g/mol. The number of nitrogens with one attached hydrogen (secondary N) is 2. The van der Waals surface area contributed by atoms with Crippen LogP contribution in [0.25, 0.3) is 0 Å². The van der Waals surface area contributed by atoms with Crippen molar-refractivity contribution in [2.75, 3.05) is 45.3 Å². The minimum atomic E-state index is 0. The van der Waals surface area contributed by atoms with Crippen molar-refractivity contribution in [2.24, 2.45) is 4.99 Å². The van der Waals surface area contributed by atoms with Crippen molar-refractivity contribution < 1.29 is 14.6 Å². The first kappa shape index (κ1) is 24.9. The molecule has 1 saturated heterocycles. The van der Waals surface area contributed by atoms with Gasteiger partial charge in [0.25, 0.3) is 0 Å². The quantitative estimate of drug-likeness (QED) is 0.271. The molecule has 0 saturated carbocycles. The van der Waals surface area contributed by atoms with E-state index in [1.165, 1.54) is 0 Å². The standard InChI is InChI=1S/C23H32N4O3.HI/c1-4-24-23(25-10-8-17-6-5-7-20(28)12-17)26-18-9-11-27(16-18)19-13-21(29-2)15-22(14-19)30-3;/h5-7,12-15,18,28H,4,8-11,16H2,1-3H3,(H2,24,25,26);1H. The largest absolute Gasteiger partial charge is 0.508 e. The molecular weight excluding hydrogens is 507 g/mol. The van der Waals surface area contributed by atoms with Gasteiger partial charge in [-0.1, -0.05) is 12.1 Å². The van der Waals surface area contributed by atoms with E-state index in [0.29, 0.717) is 18.3 Å². The Bertz CT molecular complexity index is 840. The van der Waals surface area contributed by atoms with E-state index < -0.39 is 0 Å². The number of ether oxygens (including phenoxy) is 2. The third-order valence-electron chi connectivity index (χ3n) is 5.16. The van der Waals surface area contributed by atoms with Gasteiger partial charge in [0.05, 0.1) is 14.2 Å². The summed E-state index contributed by atoms with van der Waals surface area (Å²) >= 11 is 0. The normalized spacial score (nSPS) is 15.9. The maximum atomic E-state index is 9.60. The van der Waals surface area contributed by atoms with Gasteiger partial charge in [-0.15, -0.1) is 24.0 Å². The fourth-order valence-electron chi connectivity index (χ4n) is 3.61. The number of methoxy groups -OCH3 is 2. The van der Waals surface area contributed by atoms with Crippen LogP contribution in [-0.4, -0.2) is 57.5 Å². The van der Waals surface area contributed by atoms with E-state index in [1.807, 2.05) is 30.3 Å². The number of anilines is 1. The molecule has 31 heavy (non-hydrogen) atoms. The summed E-state index contributed by atoms with van der Waals surface area (Å²) < 4.78 is 10.8. The molecule has 0 aromatic heterocycles. The van der Waals surface area contributed by atoms with Gasteiger partial charge in [-0.05, 0) is 37.5 Å². The van der Waals surface area contributed by atoms with Crippen molar-refractivity contribution in [3.8, 4) is 17.2 Å². The van der Waals surface area contributed by atoms with Gasteiger partial charge in [0, 0.05) is 56.1 Å². The number of hydrogen-bond donors (Lipinski definition) is 3. The first-order valence-corrected chi connectivity index (χ1v) is 10.4. The summed E-state index contributed by atoms with van der Waals surface area (Å²) in [5, 5.41) is 16.5. The van der Waals surface area contributed by atoms with Gasteiger partial charge in [0.15, 0.2) is 5.96 Å². The third kappa shape index (κ3) is 7.37. The van der Waals surface area contributed by atoms with Crippen molar-refractivity contribution in [2.45, 2.75) is 25.8 Å². The van der Waals surface area contributed by atoms with Crippen LogP contribution in [0.15, 0.2) is 47.5 Å². The Morgan fingerprint density at radius 1 is 1.16 bits per heavy atom. The summed E-state index contributed by atoms with van der Waals surface area (Å²) in [6, 6.07) is 13.6. The molecule has 0 bridgehead atoms. The molecule has 0 amide bonds. The number of guanidine groups is 1. The lowest BCUT2D eigenvalue weighted by atomic mass is 10.1. The Balaban J connectivity index is 0.00000341. The highest BCUT2D eigenvalue weighted by Crippen LogP contribution is 2.30. The summed E-state index contributed by atoms with van der Waals surface area (Å²) in [6.45, 7) is 5.36. The van der Waals surface area contributed by atoms with E-state index in [0.717, 1.165) is 61.2 Å². The van der Waals surface area contributed by atoms with E-state index >= 15 is 0 Å². The van der Waals surface area contributed by atoms with Crippen molar-refractivity contribution in [3.63, 3.8) is 0 Å². The van der Waals surface area contributed by atoms with Gasteiger partial charge in [0.1, 0.15) is 17.2 Å². The number of aromatic hydroxyl groups is 1. The van der Waals surface area contributed by atoms with E-state index in [4.69, 9.17) is 14.5 Å². The van der Waals surface area contributed by atoms with Crippen LogP contribution in [0.3, 0.4) is 0 Å². The SMILES string of the molecule is CCNC(=NCCc1cccc(O)c1)NC1CCN(c2cc(OC)cc(OC)c2)C1.I. The number of phenolic OH excluding ortho intramolecular Hbond substituents is 1. The highest BCUT2D eigenvalue weighted by Gasteiger charge is 2.24. The zero-order chi connectivity index (χ0) is 21.3. The average Bonchev–Trinajstić information content (AvgIpc) is 3.22. The summed E-state index contributed by atoms with van der Waals surface area (Å²) in [5.41, 5.74) is 2.18. The lowest BCUT2D eigenvalue weighted by Gasteiger charge is -2.21. The van der Waals surface area contributed by atoms with Crippen LogP contribution in [-0.2, 0) is 6.42 Å². The second kappa shape index (κ2) is 12.5. The smallest absolute Gasteiger partial charge is 0.191 e. The summed E-state index contributed by atoms with van der Waals surface area (Å²) in [7, 11) is 3.34. The molecule has 1 aliphatic heterocycles. The third-order valence-corrected chi connectivity index (χ3v) is 5.16. The Labute approximate surface area is 201 Å². The van der Waals surface area contributed by atoms with Crippen molar-refractivity contribution >= 4 is 35.6 Å². The number of halogens is 1. The molecule has 0 radical (unpaired) electrons. The molecule has 7 nitrogen and oxygen atoms in total. The summed E-state index contributed by atoms with van der Waals surface area (Å²) in [5.74, 6) is 2.71. The molecule has 170 valence electrons. The number of hydrogen-bond acceptors (Lipinski definition) is 5. The Morgan fingerprint density at radius 3 is 2.55 bits per heavy atom.